The molecule has 4 heterocycles. The van der Waals surface area contributed by atoms with Crippen LogP contribution in [-0.2, 0) is 4.74 Å². The number of ether oxygens (including phenoxy) is 1. The third-order valence-corrected chi connectivity index (χ3v) is 5.29. The average Bonchev–Trinajstić information content (AvgIpc) is 3.35. The topological polar surface area (TPSA) is 73.1 Å². The molecule has 3 aromatic rings. The highest BCUT2D eigenvalue weighted by atomic mass is 32.1. The summed E-state index contributed by atoms with van der Waals surface area (Å²) in [5, 5.41) is 9.36. The molecular formula is C18H20N4O2S. The fraction of sp³-hybridized carbons (Fsp3) is 0.389. The van der Waals surface area contributed by atoms with Gasteiger partial charge in [0.05, 0.1) is 27.9 Å². The van der Waals surface area contributed by atoms with Crippen LogP contribution in [0, 0.1) is 13.8 Å². The Kier molecular flexibility index (Phi) is 4.50. The maximum atomic E-state index is 5.65. The molecule has 1 N–H and O–H groups in total. The molecule has 25 heavy (non-hydrogen) atoms. The lowest BCUT2D eigenvalue weighted by Crippen LogP contribution is -2.19. The molecule has 1 fully saturated rings. The molecule has 1 aliphatic heterocycles. The van der Waals surface area contributed by atoms with Crippen LogP contribution in [0.5, 0.6) is 0 Å². The van der Waals surface area contributed by atoms with E-state index in [1.165, 1.54) is 5.56 Å². The zero-order valence-corrected chi connectivity index (χ0v) is 15.1. The molecule has 4 rings (SSSR count). The minimum absolute atomic E-state index is 0.243. The van der Waals surface area contributed by atoms with Gasteiger partial charge in [0.15, 0.2) is 5.76 Å². The van der Waals surface area contributed by atoms with E-state index in [1.54, 1.807) is 17.5 Å². The van der Waals surface area contributed by atoms with Crippen LogP contribution in [0.1, 0.15) is 24.1 Å². The number of aryl methyl sites for hydroxylation is 2. The van der Waals surface area contributed by atoms with Gasteiger partial charge >= 0.3 is 0 Å². The number of aromatic nitrogens is 3. The number of hydrogen-bond donors (Lipinski definition) is 1. The van der Waals surface area contributed by atoms with Crippen molar-refractivity contribution in [3.63, 3.8) is 0 Å². The van der Waals surface area contributed by atoms with Crippen LogP contribution in [0.25, 0.3) is 21.9 Å². The van der Waals surface area contributed by atoms with Crippen LogP contribution >= 0.6 is 11.3 Å². The van der Waals surface area contributed by atoms with Gasteiger partial charge in [-0.1, -0.05) is 5.16 Å². The molecule has 6 nitrogen and oxygen atoms in total. The van der Waals surface area contributed by atoms with Crippen LogP contribution in [-0.4, -0.2) is 34.4 Å². The predicted octanol–water partition coefficient (Wildman–Crippen LogP) is 4.07. The van der Waals surface area contributed by atoms with Crippen molar-refractivity contribution in [1.82, 2.24) is 15.1 Å². The molecular weight excluding hydrogens is 336 g/mol. The molecule has 1 saturated heterocycles. The smallest absolute Gasteiger partial charge is 0.223 e. The maximum Gasteiger partial charge on any atom is 0.223 e. The van der Waals surface area contributed by atoms with E-state index in [0.29, 0.717) is 11.7 Å². The number of hydrogen-bond acceptors (Lipinski definition) is 7. The highest BCUT2D eigenvalue weighted by molar-refractivity contribution is 7.13. The third-order valence-electron chi connectivity index (χ3n) is 4.27. The molecule has 7 heteroatoms. The minimum Gasteiger partial charge on any atom is -0.376 e. The van der Waals surface area contributed by atoms with Gasteiger partial charge in [-0.3, -0.25) is 0 Å². The van der Waals surface area contributed by atoms with Gasteiger partial charge in [0.25, 0.3) is 0 Å². The second-order valence-corrected chi connectivity index (χ2v) is 7.15. The van der Waals surface area contributed by atoms with Crippen molar-refractivity contribution in [3.05, 3.63) is 35.0 Å². The zero-order chi connectivity index (χ0) is 17.2. The largest absolute Gasteiger partial charge is 0.376 e. The zero-order valence-electron chi connectivity index (χ0n) is 14.3. The van der Waals surface area contributed by atoms with E-state index in [2.05, 4.69) is 33.8 Å². The van der Waals surface area contributed by atoms with Crippen molar-refractivity contribution < 1.29 is 9.26 Å². The van der Waals surface area contributed by atoms with E-state index in [1.807, 2.05) is 13.0 Å². The van der Waals surface area contributed by atoms with Gasteiger partial charge in [-0.15, -0.1) is 11.3 Å². The molecule has 0 aromatic carbocycles. The van der Waals surface area contributed by atoms with Gasteiger partial charge in [0, 0.05) is 25.4 Å². The number of anilines is 1. The predicted molar refractivity (Wildman–Crippen MR) is 97.8 cm³/mol. The molecule has 1 atom stereocenters. The Hall–Kier alpha value is -2.25. The van der Waals surface area contributed by atoms with Crippen molar-refractivity contribution in [3.8, 4) is 21.9 Å². The van der Waals surface area contributed by atoms with Crippen LogP contribution in [0.15, 0.2) is 28.2 Å². The lowest BCUT2D eigenvalue weighted by atomic mass is 10.1. The molecule has 0 bridgehead atoms. The summed E-state index contributed by atoms with van der Waals surface area (Å²) < 4.78 is 11.1. The van der Waals surface area contributed by atoms with E-state index in [0.717, 1.165) is 47.8 Å². The Bertz CT molecular complexity index is 868. The van der Waals surface area contributed by atoms with Gasteiger partial charge in [-0.05, 0) is 43.7 Å². The van der Waals surface area contributed by atoms with E-state index < -0.39 is 0 Å². The monoisotopic (exact) mass is 356 g/mol. The highest BCUT2D eigenvalue weighted by Crippen LogP contribution is 2.36. The van der Waals surface area contributed by atoms with Gasteiger partial charge in [0.1, 0.15) is 0 Å². The second-order valence-electron chi connectivity index (χ2n) is 6.24. The average molecular weight is 356 g/mol. The number of thiophene rings is 1. The quantitative estimate of drug-likeness (QED) is 0.743. The molecule has 0 saturated carbocycles. The standard InChI is InChI=1S/C18H20N4O2S/c1-11-5-7-25-17(11)16-14(15-8-12(2)22-24-15)10-20-18(21-16)19-9-13-4-3-6-23-13/h5,7-8,10,13H,3-4,6,9H2,1-2H3,(H,19,20,21)/t13-/m1/s1. The van der Waals surface area contributed by atoms with Crippen molar-refractivity contribution >= 4 is 17.3 Å². The van der Waals surface area contributed by atoms with Crippen molar-refractivity contribution in [1.29, 1.82) is 0 Å². The van der Waals surface area contributed by atoms with Crippen LogP contribution in [0.2, 0.25) is 0 Å². The third kappa shape index (κ3) is 3.43. The summed E-state index contributed by atoms with van der Waals surface area (Å²) in [4.78, 5) is 10.3. The molecule has 0 unspecified atom stereocenters. The number of nitrogens with zero attached hydrogens (tertiary/aromatic N) is 3. The Labute approximate surface area is 150 Å². The summed E-state index contributed by atoms with van der Waals surface area (Å²) >= 11 is 1.67. The first-order valence-electron chi connectivity index (χ1n) is 8.41. The lowest BCUT2D eigenvalue weighted by Gasteiger charge is -2.12. The molecule has 0 amide bonds. The summed E-state index contributed by atoms with van der Waals surface area (Å²) in [6, 6.07) is 4.00. The molecule has 130 valence electrons. The maximum absolute atomic E-state index is 5.65. The summed E-state index contributed by atoms with van der Waals surface area (Å²) in [7, 11) is 0. The van der Waals surface area contributed by atoms with Crippen molar-refractivity contribution in [2.45, 2.75) is 32.8 Å². The first kappa shape index (κ1) is 16.2. The summed E-state index contributed by atoms with van der Waals surface area (Å²) in [5.41, 5.74) is 3.75. The van der Waals surface area contributed by atoms with Crippen LogP contribution in [0.3, 0.4) is 0 Å². The SMILES string of the molecule is Cc1cc(-c2cnc(NC[C@H]3CCCO3)nc2-c2sccc2C)on1. The first-order valence-corrected chi connectivity index (χ1v) is 9.29. The highest BCUT2D eigenvalue weighted by Gasteiger charge is 2.19. The molecule has 0 spiro atoms. The van der Waals surface area contributed by atoms with Gasteiger partial charge in [-0.25, -0.2) is 9.97 Å². The van der Waals surface area contributed by atoms with Crippen LogP contribution in [0.4, 0.5) is 5.95 Å². The number of rotatable bonds is 5. The van der Waals surface area contributed by atoms with Gasteiger partial charge < -0.3 is 14.6 Å². The second kappa shape index (κ2) is 6.93. The van der Waals surface area contributed by atoms with Gasteiger partial charge in [-0.2, -0.15) is 0 Å². The molecule has 0 aliphatic carbocycles. The van der Waals surface area contributed by atoms with E-state index in [4.69, 9.17) is 14.2 Å². The lowest BCUT2D eigenvalue weighted by molar-refractivity contribution is 0.120. The minimum atomic E-state index is 0.243. The first-order chi connectivity index (χ1) is 12.2. The summed E-state index contributed by atoms with van der Waals surface area (Å²) in [6.07, 6.45) is 4.25. The molecule has 3 aromatic heterocycles. The molecule has 1 aliphatic rings. The van der Waals surface area contributed by atoms with Crippen LogP contribution < -0.4 is 5.32 Å². The van der Waals surface area contributed by atoms with E-state index in [9.17, 15) is 0 Å². The summed E-state index contributed by atoms with van der Waals surface area (Å²) in [5.74, 6) is 1.30. The molecule has 0 radical (unpaired) electrons. The summed E-state index contributed by atoms with van der Waals surface area (Å²) in [6.45, 7) is 5.56. The Morgan fingerprint density at radius 2 is 2.28 bits per heavy atom. The van der Waals surface area contributed by atoms with Crippen molar-refractivity contribution in [2.24, 2.45) is 0 Å². The van der Waals surface area contributed by atoms with E-state index >= 15 is 0 Å². The Morgan fingerprint density at radius 3 is 2.96 bits per heavy atom. The number of nitrogens with one attached hydrogen (secondary N) is 1. The van der Waals surface area contributed by atoms with Crippen molar-refractivity contribution in [2.75, 3.05) is 18.5 Å². The fourth-order valence-electron chi connectivity index (χ4n) is 2.94. The van der Waals surface area contributed by atoms with E-state index in [-0.39, 0.29) is 6.10 Å². The fourth-order valence-corrected chi connectivity index (χ4v) is 3.87. The normalized spacial score (nSPS) is 17.1. The van der Waals surface area contributed by atoms with Gasteiger partial charge in [0.2, 0.25) is 5.95 Å². The Morgan fingerprint density at radius 1 is 1.36 bits per heavy atom. The Balaban J connectivity index is 1.68.